The summed E-state index contributed by atoms with van der Waals surface area (Å²) in [6, 6.07) is 7.63. The van der Waals surface area contributed by atoms with Crippen LogP contribution in [0.2, 0.25) is 0 Å². The van der Waals surface area contributed by atoms with Crippen molar-refractivity contribution in [2.45, 2.75) is 66.3 Å². The van der Waals surface area contributed by atoms with Gasteiger partial charge >= 0.3 is 0 Å². The number of ether oxygens (including phenoxy) is 3. The number of allylic oxidation sites excluding steroid dienone is 3. The average Bonchev–Trinajstić information content (AvgIpc) is 4.08. The van der Waals surface area contributed by atoms with E-state index in [1.54, 1.807) is 57.7 Å². The first-order valence-corrected chi connectivity index (χ1v) is 23.1. The predicted molar refractivity (Wildman–Crippen MR) is 264 cm³/mol. The highest BCUT2D eigenvalue weighted by atomic mass is 16.5. The Balaban J connectivity index is 1.13. The van der Waals surface area contributed by atoms with Gasteiger partial charge in [0.05, 0.1) is 43.2 Å². The minimum atomic E-state index is -0.733. The van der Waals surface area contributed by atoms with Crippen molar-refractivity contribution in [3.63, 3.8) is 0 Å². The van der Waals surface area contributed by atoms with Gasteiger partial charge in [-0.2, -0.15) is 5.10 Å². The number of benzene rings is 2. The number of nitrogens with zero attached hydrogens (tertiary/aromatic N) is 9. The van der Waals surface area contributed by atoms with E-state index in [1.165, 1.54) is 49.6 Å². The van der Waals surface area contributed by atoms with Crippen LogP contribution in [0.15, 0.2) is 71.4 Å². The van der Waals surface area contributed by atoms with Crippen LogP contribution in [0.4, 0.5) is 11.9 Å². The van der Waals surface area contributed by atoms with Crippen molar-refractivity contribution in [1.29, 1.82) is 0 Å². The van der Waals surface area contributed by atoms with Gasteiger partial charge in [0.2, 0.25) is 29.6 Å². The van der Waals surface area contributed by atoms with Gasteiger partial charge in [-0.05, 0) is 64.1 Å². The van der Waals surface area contributed by atoms with E-state index in [9.17, 15) is 33.6 Å². The number of amides is 7. The van der Waals surface area contributed by atoms with Crippen LogP contribution in [-0.4, -0.2) is 138 Å². The Labute approximate surface area is 412 Å². The van der Waals surface area contributed by atoms with E-state index in [0.717, 1.165) is 4.90 Å². The van der Waals surface area contributed by atoms with Crippen LogP contribution in [0.25, 0.3) is 22.1 Å². The van der Waals surface area contributed by atoms with Crippen molar-refractivity contribution >= 4 is 81.0 Å². The maximum atomic E-state index is 13.9. The molecular weight excluding hydrogens is 933 g/mol. The van der Waals surface area contributed by atoms with Crippen LogP contribution in [-0.2, 0) is 43.5 Å². The normalized spacial score (nSPS) is 14.2. The first kappa shape index (κ1) is 51.2. The number of methoxy groups -OCH3 is 1. The average molecular weight is 989 g/mol. The van der Waals surface area contributed by atoms with Crippen LogP contribution in [0.5, 0.6) is 11.5 Å². The van der Waals surface area contributed by atoms with Gasteiger partial charge in [-0.3, -0.25) is 58.8 Å². The lowest BCUT2D eigenvalue weighted by Gasteiger charge is -2.39. The van der Waals surface area contributed by atoms with Gasteiger partial charge in [-0.25, -0.2) is 9.97 Å². The van der Waals surface area contributed by atoms with Crippen molar-refractivity contribution in [2.24, 2.45) is 22.2 Å². The summed E-state index contributed by atoms with van der Waals surface area (Å²) in [5.41, 5.74) is 20.4. The maximum Gasteiger partial charge on any atom is 0.276 e. The van der Waals surface area contributed by atoms with Gasteiger partial charge in [-0.15, -0.1) is 0 Å². The lowest BCUT2D eigenvalue weighted by atomic mass is 10.1. The Morgan fingerprint density at radius 2 is 1.43 bits per heavy atom. The molecule has 0 bridgehead atoms. The first-order chi connectivity index (χ1) is 34.5. The number of aromatic nitrogens is 6. The van der Waals surface area contributed by atoms with E-state index in [-0.39, 0.29) is 91.5 Å². The number of nitrogens with two attached hydrogens (primary N) is 3. The number of nitrogens with one attached hydrogen (secondary N) is 2. The molecule has 7 rings (SSSR count). The summed E-state index contributed by atoms with van der Waals surface area (Å²) < 4.78 is 22.9. The van der Waals surface area contributed by atoms with Crippen LogP contribution in [0.1, 0.15) is 70.5 Å². The fourth-order valence-corrected chi connectivity index (χ4v) is 8.04. The second kappa shape index (κ2) is 22.4. The van der Waals surface area contributed by atoms with E-state index in [4.69, 9.17) is 36.4 Å². The smallest absolute Gasteiger partial charge is 0.276 e. The molecule has 0 spiro atoms. The number of likely N-dealkylation sites (tertiary alicyclic amines) is 1. The summed E-state index contributed by atoms with van der Waals surface area (Å²) in [6.07, 6.45) is 7.59. The van der Waals surface area contributed by atoms with E-state index in [0.29, 0.717) is 71.8 Å². The summed E-state index contributed by atoms with van der Waals surface area (Å²) in [7, 11) is 1.43. The topological polar surface area (TPSA) is 322 Å². The molecule has 2 aliphatic heterocycles. The van der Waals surface area contributed by atoms with E-state index < -0.39 is 35.4 Å². The minimum absolute atomic E-state index is 0.00673. The molecule has 1 fully saturated rings. The number of hydrogen-bond acceptors (Lipinski definition) is 15. The second-order valence-corrected chi connectivity index (χ2v) is 16.7. The SMILES string of the molecule is CCN=C(/C=C(/C)N)C(=O)Nc1nc2cc(C(N)=O)cc(OC)c2n1C/C=C/Cn1c(NC(=O)c2cc(C)nn2CC)nc2cc(C(N)=O)cc(OCCCOC3CN(C(=O)CCN4C(=O)C=CC4=O)C3)c21. The molecule has 24 heteroatoms. The number of imidazole rings is 2. The Morgan fingerprint density at radius 1 is 0.833 bits per heavy atom. The highest BCUT2D eigenvalue weighted by Gasteiger charge is 2.32. The Bertz CT molecular complexity index is 3080. The molecule has 0 atom stereocenters. The molecule has 5 aromatic rings. The van der Waals surface area contributed by atoms with Gasteiger partial charge in [0, 0.05) is 87.6 Å². The van der Waals surface area contributed by atoms with Crippen molar-refractivity contribution in [2.75, 3.05) is 57.1 Å². The van der Waals surface area contributed by atoms with Crippen molar-refractivity contribution in [3.8, 4) is 11.5 Å². The Kier molecular flexibility index (Phi) is 15.9. The third-order valence-electron chi connectivity index (χ3n) is 11.5. The molecule has 2 aromatic carbocycles. The van der Waals surface area contributed by atoms with E-state index >= 15 is 0 Å². The lowest BCUT2D eigenvalue weighted by molar-refractivity contribution is -0.146. The van der Waals surface area contributed by atoms with E-state index in [2.05, 4.69) is 25.7 Å². The number of aliphatic imine (C=N–C) groups is 1. The lowest BCUT2D eigenvalue weighted by Crippen LogP contribution is -2.55. The van der Waals surface area contributed by atoms with Crippen LogP contribution >= 0.6 is 0 Å². The minimum Gasteiger partial charge on any atom is -0.494 e. The summed E-state index contributed by atoms with van der Waals surface area (Å²) in [6.45, 7) is 9.08. The van der Waals surface area contributed by atoms with Gasteiger partial charge < -0.3 is 45.4 Å². The molecule has 2 aliphatic rings. The number of anilines is 2. The number of imide groups is 1. The number of carbonyl (C=O) groups excluding carboxylic acids is 7. The van der Waals surface area contributed by atoms with E-state index in [1.807, 2.05) is 6.92 Å². The molecule has 1 saturated heterocycles. The zero-order valence-corrected chi connectivity index (χ0v) is 40.5. The maximum absolute atomic E-state index is 13.9. The summed E-state index contributed by atoms with van der Waals surface area (Å²) in [4.78, 5) is 105. The molecule has 8 N–H and O–H groups in total. The first-order valence-electron chi connectivity index (χ1n) is 23.1. The van der Waals surface area contributed by atoms with Crippen molar-refractivity contribution < 1.29 is 47.8 Å². The molecule has 24 nitrogen and oxygen atoms in total. The van der Waals surface area contributed by atoms with Gasteiger partial charge in [0.15, 0.2) is 0 Å². The van der Waals surface area contributed by atoms with Crippen LogP contribution in [0.3, 0.4) is 0 Å². The highest BCUT2D eigenvalue weighted by Crippen LogP contribution is 2.33. The Hall–Kier alpha value is -8.67. The largest absolute Gasteiger partial charge is 0.494 e. The molecule has 0 unspecified atom stereocenters. The third-order valence-corrected chi connectivity index (χ3v) is 11.5. The fourth-order valence-electron chi connectivity index (χ4n) is 8.04. The predicted octanol–water partition coefficient (Wildman–Crippen LogP) is 2.20. The molecule has 378 valence electrons. The number of rotatable bonds is 23. The number of hydrogen-bond donors (Lipinski definition) is 5. The number of fused-ring (bicyclic) bond motifs is 2. The summed E-state index contributed by atoms with van der Waals surface area (Å²) in [5, 5.41) is 10.1. The molecule has 72 heavy (non-hydrogen) atoms. The quantitative estimate of drug-likeness (QED) is 0.0271. The third kappa shape index (κ3) is 11.5. The van der Waals surface area contributed by atoms with Gasteiger partial charge in [0.1, 0.15) is 33.9 Å². The number of carbonyl (C=O) groups is 7. The highest BCUT2D eigenvalue weighted by molar-refractivity contribution is 6.47. The number of aryl methyl sites for hydroxylation is 2. The molecule has 7 amide bonds. The molecule has 3 aromatic heterocycles. The molecule has 0 radical (unpaired) electrons. The van der Waals surface area contributed by atoms with Crippen LogP contribution < -0.4 is 37.3 Å². The Morgan fingerprint density at radius 3 is 2.00 bits per heavy atom. The molecule has 0 aliphatic carbocycles. The molecular formula is C48H56N14O10. The summed E-state index contributed by atoms with van der Waals surface area (Å²) in [5.74, 6) is -2.86. The van der Waals surface area contributed by atoms with Gasteiger partial charge in [0.25, 0.3) is 23.6 Å². The standard InChI is InChI=1S/C48H56N14O10/c1-6-52-34(19-27(3)49)45(68)55-47-53-32-21-29(43(50)66)23-36(70-5)41(32)60(47)14-8-9-15-61-42-33(54-48(61)56-46(69)35-20-28(4)57-62(35)7-2)22-30(44(51)67)24-37(42)72-18-10-17-71-31-25-58(26-31)38(63)13-16-59-39(64)11-12-40(59)65/h8-9,11-12,19-24,31H,6-7,10,13-18,25-26,49H2,1-5H3,(H2,50,66)(H2,51,67)(H,53,55,68)(H,54,56,69)/b9-8+,27-19-,52-34?. The number of primary amides is 2. The summed E-state index contributed by atoms with van der Waals surface area (Å²) >= 11 is 0. The second-order valence-electron chi connectivity index (χ2n) is 16.7. The van der Waals surface area contributed by atoms with Crippen molar-refractivity contribution in [1.82, 2.24) is 38.7 Å². The fraction of sp³-hybridized carbons (Fsp3) is 0.354. The molecule has 5 heterocycles. The zero-order valence-electron chi connectivity index (χ0n) is 40.5. The monoisotopic (exact) mass is 988 g/mol. The van der Waals surface area contributed by atoms with Crippen molar-refractivity contribution in [3.05, 3.63) is 88.9 Å². The zero-order chi connectivity index (χ0) is 51.8. The molecule has 0 saturated carbocycles. The van der Waals surface area contributed by atoms with Gasteiger partial charge in [-0.1, -0.05) is 12.2 Å². The van der Waals surface area contributed by atoms with Crippen LogP contribution in [0, 0.1) is 6.92 Å².